The Labute approximate surface area is 217 Å². The number of carbonyl (C=O) groups excluding carboxylic acids is 1. The van der Waals surface area contributed by atoms with Crippen LogP contribution < -0.4 is 4.72 Å². The lowest BCUT2D eigenvalue weighted by Crippen LogP contribution is -2.31. The van der Waals surface area contributed by atoms with E-state index in [1.54, 1.807) is 40.7 Å². The second-order valence-corrected chi connectivity index (χ2v) is 10.8. The van der Waals surface area contributed by atoms with E-state index in [4.69, 9.17) is 4.74 Å². The molecule has 3 atom stereocenters. The predicted molar refractivity (Wildman–Crippen MR) is 142 cm³/mol. The van der Waals surface area contributed by atoms with Crippen LogP contribution in [0, 0.1) is 16.0 Å². The number of nitro groups is 1. The van der Waals surface area contributed by atoms with Gasteiger partial charge in [-0.2, -0.15) is 0 Å². The van der Waals surface area contributed by atoms with Gasteiger partial charge in [0.15, 0.2) is 0 Å². The summed E-state index contributed by atoms with van der Waals surface area (Å²) < 4.78 is 33.4. The summed E-state index contributed by atoms with van der Waals surface area (Å²) in [5, 5.41) is 12.6. The molecule has 3 rings (SSSR count). The summed E-state index contributed by atoms with van der Waals surface area (Å²) in [6, 6.07) is 14.9. The highest BCUT2D eigenvalue weighted by atomic mass is 32.2. The summed E-state index contributed by atoms with van der Waals surface area (Å²) in [5.74, 6) is -2.04. The smallest absolute Gasteiger partial charge is 0.337 e. The van der Waals surface area contributed by atoms with Crippen LogP contribution in [-0.4, -0.2) is 31.1 Å². The van der Waals surface area contributed by atoms with Crippen molar-refractivity contribution in [2.24, 2.45) is 10.9 Å². The number of hydrogen-bond donors (Lipinski definition) is 1. The van der Waals surface area contributed by atoms with Crippen molar-refractivity contribution in [2.45, 2.75) is 52.7 Å². The molecule has 1 aliphatic heterocycles. The van der Waals surface area contributed by atoms with Gasteiger partial charge in [0.05, 0.1) is 10.5 Å². The van der Waals surface area contributed by atoms with Crippen LogP contribution in [0.5, 0.6) is 0 Å². The van der Waals surface area contributed by atoms with E-state index in [-0.39, 0.29) is 17.3 Å². The number of aliphatic imine (C=N–C) groups is 1. The molecule has 10 heteroatoms. The van der Waals surface area contributed by atoms with Gasteiger partial charge in [-0.25, -0.2) is 17.9 Å². The van der Waals surface area contributed by atoms with Crippen molar-refractivity contribution in [3.05, 3.63) is 98.6 Å². The van der Waals surface area contributed by atoms with Gasteiger partial charge in [-0.3, -0.25) is 15.1 Å². The number of esters is 1. The molecule has 0 amide bonds. The molecule has 0 radical (unpaired) electrons. The van der Waals surface area contributed by atoms with Crippen molar-refractivity contribution in [3.63, 3.8) is 0 Å². The molecular weight excluding hydrogens is 494 g/mol. The zero-order valence-electron chi connectivity index (χ0n) is 21.4. The van der Waals surface area contributed by atoms with Crippen LogP contribution >= 0.6 is 0 Å². The van der Waals surface area contributed by atoms with E-state index in [0.717, 1.165) is 11.0 Å². The number of benzene rings is 2. The van der Waals surface area contributed by atoms with Gasteiger partial charge in [0, 0.05) is 46.8 Å². The third-order valence-corrected chi connectivity index (χ3v) is 7.28. The number of hydrogen-bond acceptors (Lipinski definition) is 7. The number of ether oxygens (including phenoxy) is 1. The molecular formula is C27H31N3O6S. The fraction of sp³-hybridized carbons (Fsp3) is 0.333. The van der Waals surface area contributed by atoms with Gasteiger partial charge in [-0.15, -0.1) is 0 Å². The minimum Gasteiger partial charge on any atom is -0.454 e. The molecule has 0 spiro atoms. The number of carbonyl (C=O) groups is 1. The number of nitrogens with one attached hydrogen (secondary N) is 1. The van der Waals surface area contributed by atoms with Crippen LogP contribution in [0.1, 0.15) is 57.8 Å². The SMILES string of the molecule is CC1=NC(C)=C(C(=O)O[C@H](C)c2ccccc2)[C@@H](c2cccc([N+](=O)[O-])c2)C1C=CS(=O)(=O)NC(C)C. The molecule has 0 fully saturated rings. The van der Waals surface area contributed by atoms with Gasteiger partial charge in [-0.05, 0) is 45.7 Å². The van der Waals surface area contributed by atoms with E-state index in [9.17, 15) is 23.3 Å². The van der Waals surface area contributed by atoms with Crippen LogP contribution in [0.15, 0.2) is 82.3 Å². The van der Waals surface area contributed by atoms with E-state index < -0.39 is 38.9 Å². The molecule has 0 aromatic heterocycles. The molecule has 2 aromatic carbocycles. The van der Waals surface area contributed by atoms with Gasteiger partial charge in [-0.1, -0.05) is 48.5 Å². The Hall–Kier alpha value is -3.63. The van der Waals surface area contributed by atoms with Crippen molar-refractivity contribution in [1.29, 1.82) is 0 Å². The van der Waals surface area contributed by atoms with Crippen molar-refractivity contribution in [2.75, 3.05) is 0 Å². The number of nitro benzene ring substituents is 1. The third kappa shape index (κ3) is 6.99. The molecule has 1 aliphatic rings. The van der Waals surface area contributed by atoms with E-state index in [2.05, 4.69) is 9.71 Å². The molecule has 0 saturated carbocycles. The average Bonchev–Trinajstić information content (AvgIpc) is 2.82. The highest BCUT2D eigenvalue weighted by Crippen LogP contribution is 2.41. The van der Waals surface area contributed by atoms with E-state index in [0.29, 0.717) is 17.0 Å². The molecule has 1 unspecified atom stereocenters. The van der Waals surface area contributed by atoms with Gasteiger partial charge >= 0.3 is 5.97 Å². The average molecular weight is 526 g/mol. The largest absolute Gasteiger partial charge is 0.454 e. The lowest BCUT2D eigenvalue weighted by Gasteiger charge is -2.32. The molecule has 9 nitrogen and oxygen atoms in total. The van der Waals surface area contributed by atoms with Crippen molar-refractivity contribution in [3.8, 4) is 0 Å². The zero-order valence-corrected chi connectivity index (χ0v) is 22.2. The number of rotatable bonds is 9. The van der Waals surface area contributed by atoms with Crippen LogP contribution in [0.2, 0.25) is 0 Å². The quantitative estimate of drug-likeness (QED) is 0.273. The van der Waals surface area contributed by atoms with Crippen molar-refractivity contribution < 1.29 is 22.9 Å². The van der Waals surface area contributed by atoms with Gasteiger partial charge in [0.1, 0.15) is 6.10 Å². The molecule has 0 aliphatic carbocycles. The lowest BCUT2D eigenvalue weighted by atomic mass is 9.75. The van der Waals surface area contributed by atoms with Crippen LogP contribution in [0.25, 0.3) is 0 Å². The van der Waals surface area contributed by atoms with Gasteiger partial charge in [0.25, 0.3) is 5.69 Å². The first kappa shape index (κ1) is 27.9. The Kier molecular flexibility index (Phi) is 8.77. The molecule has 1 N–H and O–H groups in total. The van der Waals surface area contributed by atoms with Gasteiger partial charge in [0.2, 0.25) is 10.0 Å². The Morgan fingerprint density at radius 3 is 2.41 bits per heavy atom. The minimum absolute atomic E-state index is 0.141. The molecule has 0 bridgehead atoms. The Balaban J connectivity index is 2.09. The summed E-state index contributed by atoms with van der Waals surface area (Å²) in [7, 11) is -3.76. The summed E-state index contributed by atoms with van der Waals surface area (Å²) >= 11 is 0. The van der Waals surface area contributed by atoms with Crippen LogP contribution in [0.4, 0.5) is 5.69 Å². The van der Waals surface area contributed by atoms with E-state index >= 15 is 0 Å². The predicted octanol–water partition coefficient (Wildman–Crippen LogP) is 5.19. The summed E-state index contributed by atoms with van der Waals surface area (Å²) in [6.45, 7) is 8.58. The molecule has 0 saturated heterocycles. The first-order chi connectivity index (χ1) is 17.4. The summed E-state index contributed by atoms with van der Waals surface area (Å²) in [5.41, 5.74) is 2.34. The van der Waals surface area contributed by atoms with Gasteiger partial charge < -0.3 is 4.74 Å². The van der Waals surface area contributed by atoms with E-state index in [1.807, 2.05) is 30.3 Å². The molecule has 196 valence electrons. The maximum Gasteiger partial charge on any atom is 0.337 e. The van der Waals surface area contributed by atoms with Crippen LogP contribution in [0.3, 0.4) is 0 Å². The normalized spacial score (nSPS) is 19.1. The van der Waals surface area contributed by atoms with Crippen LogP contribution in [-0.2, 0) is 19.6 Å². The lowest BCUT2D eigenvalue weighted by molar-refractivity contribution is -0.384. The second kappa shape index (κ2) is 11.6. The summed E-state index contributed by atoms with van der Waals surface area (Å²) in [4.78, 5) is 29.1. The third-order valence-electron chi connectivity index (χ3n) is 5.96. The minimum atomic E-state index is -3.76. The fourth-order valence-corrected chi connectivity index (χ4v) is 5.46. The molecule has 1 heterocycles. The topological polar surface area (TPSA) is 128 Å². The fourth-order valence-electron chi connectivity index (χ4n) is 4.35. The number of sulfonamides is 1. The highest BCUT2D eigenvalue weighted by Gasteiger charge is 2.38. The molecule has 37 heavy (non-hydrogen) atoms. The van der Waals surface area contributed by atoms with Crippen molar-refractivity contribution >= 4 is 27.4 Å². The number of nitrogens with zero attached hydrogens (tertiary/aromatic N) is 2. The Morgan fingerprint density at radius 1 is 1.11 bits per heavy atom. The first-order valence-electron chi connectivity index (χ1n) is 11.9. The van der Waals surface area contributed by atoms with E-state index in [1.165, 1.54) is 24.3 Å². The maximum absolute atomic E-state index is 13.6. The second-order valence-electron chi connectivity index (χ2n) is 9.21. The zero-order chi connectivity index (χ0) is 27.3. The van der Waals surface area contributed by atoms with Crippen molar-refractivity contribution in [1.82, 2.24) is 4.72 Å². The Bertz CT molecular complexity index is 1360. The highest BCUT2D eigenvalue weighted by molar-refractivity contribution is 7.92. The number of allylic oxidation sites excluding steroid dienone is 2. The first-order valence-corrected chi connectivity index (χ1v) is 13.4. The number of non-ortho nitro benzene ring substituents is 1. The monoisotopic (exact) mass is 525 g/mol. The Morgan fingerprint density at radius 2 is 1.78 bits per heavy atom. The standard InChI is InChI=1S/C27H31N3O6S/c1-17(2)29-37(34,35)15-14-24-18(3)28-19(4)25(26(24)22-12-9-13-23(16-22)30(32)33)27(31)36-20(5)21-10-7-6-8-11-21/h6-17,20,24,26,29H,1-5H3/t20-,24?,26+/m1/s1. The summed E-state index contributed by atoms with van der Waals surface area (Å²) in [6.07, 6.45) is 0.907. The molecule has 2 aromatic rings. The maximum atomic E-state index is 13.6.